The summed E-state index contributed by atoms with van der Waals surface area (Å²) in [6, 6.07) is 19.1. The van der Waals surface area contributed by atoms with Gasteiger partial charge in [-0.3, -0.25) is 14.9 Å². The summed E-state index contributed by atoms with van der Waals surface area (Å²) in [5, 5.41) is 82.3. The number of azo groups is 2. The first-order valence-electron chi connectivity index (χ1n) is 17.6. The largest absolute Gasteiger partial charge is 1.00 e. The first-order chi connectivity index (χ1) is 29.2. The van der Waals surface area contributed by atoms with Crippen molar-refractivity contribution in [3.8, 4) is 28.8 Å². The number of rotatable bonds is 11. The zero-order valence-corrected chi connectivity index (χ0v) is 38.8. The van der Waals surface area contributed by atoms with Crippen molar-refractivity contribution in [1.82, 2.24) is 19.8 Å². The summed E-state index contributed by atoms with van der Waals surface area (Å²) in [5.74, 6) is -1.75. The Balaban J connectivity index is 0.000000332. The molecule has 0 aliphatic heterocycles. The number of hydrogen-bond donors (Lipinski definition) is 8. The van der Waals surface area contributed by atoms with Crippen molar-refractivity contribution in [2.75, 3.05) is 11.9 Å². The SMILES string of the molecule is CCNC(=O)NS(=O)(=O)c1ccc(O)c(N=Nc2c(O)ccc3cccc(NC(C)=O)c23)c1.Cc1nn(-c2cccc(S(N)(=O)=O)c2)c(O)c1N=Nc1cc([N+](=O)[O-])ccc1O.[Cr].[Na+]. The van der Waals surface area contributed by atoms with Crippen LogP contribution in [0.2, 0.25) is 0 Å². The zero-order chi connectivity index (χ0) is 45.5. The van der Waals surface area contributed by atoms with Crippen LogP contribution in [0.5, 0.6) is 23.1 Å². The van der Waals surface area contributed by atoms with Gasteiger partial charge in [-0.05, 0) is 73.8 Å². The van der Waals surface area contributed by atoms with Crippen LogP contribution in [-0.2, 0) is 42.2 Å². The van der Waals surface area contributed by atoms with Crippen LogP contribution in [0.15, 0.2) is 121 Å². The molecule has 23 nitrogen and oxygen atoms in total. The van der Waals surface area contributed by atoms with Crippen LogP contribution in [0.25, 0.3) is 16.5 Å². The third-order valence-electron chi connectivity index (χ3n) is 8.21. The minimum absolute atomic E-state index is 0. The van der Waals surface area contributed by atoms with Crippen LogP contribution >= 0.6 is 0 Å². The molecule has 0 spiro atoms. The van der Waals surface area contributed by atoms with Gasteiger partial charge in [0.2, 0.25) is 21.8 Å². The van der Waals surface area contributed by atoms with E-state index in [0.29, 0.717) is 16.5 Å². The quantitative estimate of drug-likeness (QED) is 0.0401. The van der Waals surface area contributed by atoms with Crippen molar-refractivity contribution in [2.45, 2.75) is 30.6 Å². The second-order valence-electron chi connectivity index (χ2n) is 12.7. The van der Waals surface area contributed by atoms with Crippen molar-refractivity contribution >= 4 is 76.9 Å². The van der Waals surface area contributed by atoms with Gasteiger partial charge in [-0.25, -0.2) is 31.5 Å². The number of anilines is 1. The summed E-state index contributed by atoms with van der Waals surface area (Å²) >= 11 is 0. The number of nitro groups is 1. The Morgan fingerprint density at radius 1 is 0.812 bits per heavy atom. The molecule has 3 amide bonds. The van der Waals surface area contributed by atoms with Crippen molar-refractivity contribution in [1.29, 1.82) is 0 Å². The van der Waals surface area contributed by atoms with Gasteiger partial charge in [0, 0.05) is 48.3 Å². The van der Waals surface area contributed by atoms with E-state index in [1.165, 1.54) is 44.2 Å². The van der Waals surface area contributed by atoms with Gasteiger partial charge in [0.1, 0.15) is 34.3 Å². The number of urea groups is 1. The maximum Gasteiger partial charge on any atom is 1.00 e. The van der Waals surface area contributed by atoms with Crippen LogP contribution in [0, 0.1) is 17.0 Å². The maximum absolute atomic E-state index is 12.4. The molecular formula is C37H35CrN11NaO12S2+. The van der Waals surface area contributed by atoms with Gasteiger partial charge in [0.15, 0.2) is 5.69 Å². The van der Waals surface area contributed by atoms with E-state index in [0.717, 1.165) is 41.1 Å². The zero-order valence-electron chi connectivity index (χ0n) is 33.9. The number of carbonyl (C=O) groups is 2. The van der Waals surface area contributed by atoms with Crippen molar-refractivity contribution in [3.05, 3.63) is 107 Å². The fraction of sp³-hybridized carbons (Fsp3) is 0.108. The number of nitrogens with one attached hydrogen (secondary N) is 3. The Labute approximate surface area is 396 Å². The molecule has 64 heavy (non-hydrogen) atoms. The van der Waals surface area contributed by atoms with Gasteiger partial charge in [-0.15, -0.1) is 20.5 Å². The standard InChI is InChI=1S/C21H21N5O6S.C16H14N6O6S.Cr.Na/c1-3-22-21(30)26-33(31,32)14-8-10-17(28)16(11-14)24-25-20-18(29)9-7-13-5-4-6-15(19(13)20)23-12(2)27;1-9-15(19-18-13-8-11(22(25)26)5-6-14(13)23)16(24)21(20-9)10-3-2-4-12(7-10)29(17,27)28;;/h4-11,28-29H,3H2,1-2H3,(H,23,27)(H2,22,26,30);2-8,23-24H,1H3,(H2,17,27,28);;/q;;;+1. The average Bonchev–Trinajstić information content (AvgIpc) is 3.49. The number of benzene rings is 5. The minimum Gasteiger partial charge on any atom is -0.506 e. The van der Waals surface area contributed by atoms with E-state index in [9.17, 15) is 57.0 Å². The molecule has 0 unspecified atom stereocenters. The first-order valence-corrected chi connectivity index (χ1v) is 20.6. The number of fused-ring (bicyclic) bond motifs is 1. The number of primary sulfonamides is 1. The van der Waals surface area contributed by atoms with Gasteiger partial charge in [0.05, 0.1) is 31.8 Å². The molecule has 1 heterocycles. The molecule has 27 heteroatoms. The molecule has 0 aliphatic rings. The van der Waals surface area contributed by atoms with E-state index in [-0.39, 0.29) is 126 Å². The molecule has 9 N–H and O–H groups in total. The molecule has 0 saturated carbocycles. The molecule has 0 radical (unpaired) electrons. The van der Waals surface area contributed by atoms with Gasteiger partial charge in [-0.1, -0.05) is 24.3 Å². The molecule has 6 aromatic rings. The predicted molar refractivity (Wildman–Crippen MR) is 222 cm³/mol. The van der Waals surface area contributed by atoms with Crippen LogP contribution in [0.4, 0.5) is 38.9 Å². The van der Waals surface area contributed by atoms with Crippen LogP contribution in [-0.4, -0.2) is 70.4 Å². The summed E-state index contributed by atoms with van der Waals surface area (Å²) in [6.45, 7) is 4.71. The van der Waals surface area contributed by atoms with E-state index in [2.05, 4.69) is 36.2 Å². The number of phenols is 3. The number of non-ortho nitro benzene ring substituents is 1. The molecule has 0 atom stereocenters. The van der Waals surface area contributed by atoms with E-state index in [1.807, 2.05) is 4.72 Å². The summed E-state index contributed by atoms with van der Waals surface area (Å²) in [6.07, 6.45) is 0. The van der Waals surface area contributed by atoms with E-state index in [4.69, 9.17) is 5.14 Å². The van der Waals surface area contributed by atoms with Gasteiger partial charge in [0.25, 0.3) is 15.7 Å². The Morgan fingerprint density at radius 3 is 2.05 bits per heavy atom. The molecule has 0 aliphatic carbocycles. The summed E-state index contributed by atoms with van der Waals surface area (Å²) in [7, 11) is -8.20. The molecule has 6 rings (SSSR count). The second kappa shape index (κ2) is 21.7. The van der Waals surface area contributed by atoms with Gasteiger partial charge < -0.3 is 31.1 Å². The Bertz CT molecular complexity index is 3040. The number of aromatic nitrogens is 2. The Kier molecular flexibility index (Phi) is 17.6. The second-order valence-corrected chi connectivity index (χ2v) is 15.9. The minimum atomic E-state index is -4.24. The van der Waals surface area contributed by atoms with Gasteiger partial charge >= 0.3 is 35.6 Å². The van der Waals surface area contributed by atoms with Crippen LogP contribution < -0.4 is 50.1 Å². The predicted octanol–water partition coefficient (Wildman–Crippen LogP) is 3.20. The molecule has 5 aromatic carbocycles. The number of nitrogens with zero attached hydrogens (tertiary/aromatic N) is 7. The Morgan fingerprint density at radius 2 is 1.42 bits per heavy atom. The molecule has 328 valence electrons. The van der Waals surface area contributed by atoms with E-state index >= 15 is 0 Å². The number of nitrogens with two attached hydrogens (primary N) is 1. The van der Waals surface area contributed by atoms with Crippen LogP contribution in [0.1, 0.15) is 19.5 Å². The van der Waals surface area contributed by atoms with Crippen molar-refractivity contribution in [3.63, 3.8) is 0 Å². The Hall–Kier alpha value is -6.50. The molecule has 0 fully saturated rings. The number of hydrogen-bond acceptors (Lipinski definition) is 17. The molecule has 1 aromatic heterocycles. The number of carbonyl (C=O) groups excluding carboxylic acids is 2. The molecule has 0 saturated heterocycles. The molecular weight excluding hydrogens is 930 g/mol. The fourth-order valence-corrected chi connectivity index (χ4v) is 6.88. The number of aryl methyl sites for hydroxylation is 1. The number of sulfonamides is 2. The smallest absolute Gasteiger partial charge is 0.506 e. The monoisotopic (exact) mass is 964 g/mol. The van der Waals surface area contributed by atoms with Crippen LogP contribution in [0.3, 0.4) is 0 Å². The topological polar surface area (TPSA) is 356 Å². The number of nitro benzene ring substituents is 1. The number of aromatic hydroxyl groups is 4. The average molecular weight is 965 g/mol. The maximum atomic E-state index is 12.4. The normalized spacial score (nSPS) is 11.2. The number of amides is 3. The third-order valence-corrected chi connectivity index (χ3v) is 10.4. The van der Waals surface area contributed by atoms with Gasteiger partial charge in [-0.2, -0.15) is 9.78 Å². The molecule has 0 bridgehead atoms. The number of phenolic OH excluding ortho intramolecular Hbond substituents is 3. The first kappa shape index (κ1) is 51.9. The summed E-state index contributed by atoms with van der Waals surface area (Å²) in [4.78, 5) is 32.9. The van der Waals surface area contributed by atoms with E-state index in [1.54, 1.807) is 31.2 Å². The summed E-state index contributed by atoms with van der Waals surface area (Å²) in [5.41, 5.74) is 0.0599. The summed E-state index contributed by atoms with van der Waals surface area (Å²) < 4.78 is 50.8. The van der Waals surface area contributed by atoms with E-state index < -0.39 is 36.9 Å². The third kappa shape index (κ3) is 12.6. The van der Waals surface area contributed by atoms with Crippen molar-refractivity contribution in [2.24, 2.45) is 25.6 Å². The van der Waals surface area contributed by atoms with Crippen molar-refractivity contribution < 1.29 is 98.7 Å². The fourth-order valence-electron chi connectivity index (χ4n) is 5.38.